The van der Waals surface area contributed by atoms with Crippen LogP contribution in [-0.2, 0) is 6.42 Å². The lowest BCUT2D eigenvalue weighted by Gasteiger charge is -2.05. The highest BCUT2D eigenvalue weighted by Crippen LogP contribution is 2.26. The van der Waals surface area contributed by atoms with Gasteiger partial charge in [0.2, 0.25) is 0 Å². The zero-order chi connectivity index (χ0) is 13.8. The predicted octanol–water partition coefficient (Wildman–Crippen LogP) is 4.07. The van der Waals surface area contributed by atoms with Gasteiger partial charge < -0.3 is 5.73 Å². The molecule has 2 aromatic rings. The van der Waals surface area contributed by atoms with E-state index in [2.05, 4.69) is 55.4 Å². The van der Waals surface area contributed by atoms with Gasteiger partial charge in [-0.3, -0.25) is 0 Å². The van der Waals surface area contributed by atoms with Gasteiger partial charge in [-0.05, 0) is 17.9 Å². The molecule has 1 aromatic heterocycles. The summed E-state index contributed by atoms with van der Waals surface area (Å²) in [6.45, 7) is 7.26. The molecule has 3 heteroatoms. The van der Waals surface area contributed by atoms with Crippen LogP contribution < -0.4 is 5.73 Å². The average Bonchev–Trinajstić information content (AvgIpc) is 2.87. The van der Waals surface area contributed by atoms with E-state index < -0.39 is 0 Å². The number of nitrogens with two attached hydrogens (primary N) is 1. The summed E-state index contributed by atoms with van der Waals surface area (Å²) in [5, 5.41) is 3.25. The van der Waals surface area contributed by atoms with Crippen LogP contribution in [-0.4, -0.2) is 11.5 Å². The van der Waals surface area contributed by atoms with Gasteiger partial charge in [-0.25, -0.2) is 4.98 Å². The molecule has 0 aliphatic carbocycles. The van der Waals surface area contributed by atoms with Crippen molar-refractivity contribution in [1.82, 2.24) is 4.98 Å². The Bertz CT molecular complexity index is 514. The van der Waals surface area contributed by atoms with Gasteiger partial charge >= 0.3 is 0 Å². The highest BCUT2D eigenvalue weighted by Gasteiger charge is 2.10. The number of thiazole rings is 1. The molecular weight excluding hydrogens is 252 g/mol. The fourth-order valence-corrected chi connectivity index (χ4v) is 2.93. The third-order valence-electron chi connectivity index (χ3n) is 3.19. The summed E-state index contributed by atoms with van der Waals surface area (Å²) in [6, 6.07) is 8.76. The maximum absolute atomic E-state index is 5.68. The Hall–Kier alpha value is -1.19. The lowest BCUT2D eigenvalue weighted by atomic mass is 10.0. The summed E-state index contributed by atoms with van der Waals surface area (Å²) in [4.78, 5) is 4.68. The third-order valence-corrected chi connectivity index (χ3v) is 4.27. The van der Waals surface area contributed by atoms with E-state index in [4.69, 9.17) is 5.73 Å². The van der Waals surface area contributed by atoms with Crippen LogP contribution in [0.5, 0.6) is 0 Å². The fraction of sp³-hybridized carbons (Fsp3) is 0.438. The number of hydrogen-bond acceptors (Lipinski definition) is 3. The van der Waals surface area contributed by atoms with Gasteiger partial charge in [-0.2, -0.15) is 0 Å². The Morgan fingerprint density at radius 3 is 2.42 bits per heavy atom. The molecule has 2 rings (SSSR count). The minimum absolute atomic E-state index is 0.346. The normalized spacial score (nSPS) is 12.9. The van der Waals surface area contributed by atoms with Gasteiger partial charge in [0, 0.05) is 23.4 Å². The first-order valence-electron chi connectivity index (χ1n) is 6.85. The van der Waals surface area contributed by atoms with Gasteiger partial charge in [-0.1, -0.05) is 45.0 Å². The number of aromatic nitrogens is 1. The smallest absolute Gasteiger partial charge is 0.0973 e. The first kappa shape index (κ1) is 14.2. The topological polar surface area (TPSA) is 38.9 Å². The summed E-state index contributed by atoms with van der Waals surface area (Å²) in [7, 11) is 0. The number of hydrogen-bond donors (Lipinski definition) is 1. The van der Waals surface area contributed by atoms with E-state index in [1.165, 1.54) is 11.1 Å². The molecule has 0 aliphatic heterocycles. The van der Waals surface area contributed by atoms with Gasteiger partial charge in [0.05, 0.1) is 10.7 Å². The van der Waals surface area contributed by atoms with Gasteiger partial charge in [0.1, 0.15) is 0 Å². The summed E-state index contributed by atoms with van der Waals surface area (Å²) in [6.07, 6.45) is 1.13. The van der Waals surface area contributed by atoms with Gasteiger partial charge in [0.25, 0.3) is 0 Å². The average molecular weight is 274 g/mol. The summed E-state index contributed by atoms with van der Waals surface area (Å²) >= 11 is 1.70. The van der Waals surface area contributed by atoms with Crippen molar-refractivity contribution in [3.05, 3.63) is 40.2 Å². The van der Waals surface area contributed by atoms with Crippen LogP contribution in [0.4, 0.5) is 0 Å². The van der Waals surface area contributed by atoms with Gasteiger partial charge in [0.15, 0.2) is 0 Å². The molecule has 0 saturated carbocycles. The first-order chi connectivity index (χ1) is 9.10. The minimum atomic E-state index is 0.346. The Kier molecular flexibility index (Phi) is 4.72. The van der Waals surface area contributed by atoms with Crippen molar-refractivity contribution < 1.29 is 0 Å². The number of nitrogens with zero attached hydrogens (tertiary/aromatic N) is 1. The molecule has 0 saturated heterocycles. The lowest BCUT2D eigenvalue weighted by molar-refractivity contribution is 0.647. The minimum Gasteiger partial charge on any atom is -0.330 e. The Morgan fingerprint density at radius 1 is 1.16 bits per heavy atom. The van der Waals surface area contributed by atoms with Crippen LogP contribution in [0.15, 0.2) is 29.6 Å². The van der Waals surface area contributed by atoms with Crippen LogP contribution in [0.1, 0.15) is 37.3 Å². The van der Waals surface area contributed by atoms with Crippen LogP contribution in [0.25, 0.3) is 11.3 Å². The molecular formula is C16H22N2S. The van der Waals surface area contributed by atoms with E-state index in [0.717, 1.165) is 17.1 Å². The van der Waals surface area contributed by atoms with Crippen molar-refractivity contribution in [2.24, 2.45) is 11.7 Å². The quantitative estimate of drug-likeness (QED) is 0.892. The molecule has 0 amide bonds. The molecule has 1 atom stereocenters. The van der Waals surface area contributed by atoms with E-state index in [1.54, 1.807) is 11.3 Å². The summed E-state index contributed by atoms with van der Waals surface area (Å²) < 4.78 is 0. The zero-order valence-corrected chi connectivity index (χ0v) is 12.7. The molecule has 102 valence electrons. The second-order valence-corrected chi connectivity index (χ2v) is 6.39. The molecule has 0 radical (unpaired) electrons. The molecule has 1 heterocycles. The molecule has 0 bridgehead atoms. The van der Waals surface area contributed by atoms with E-state index in [1.807, 2.05) is 0 Å². The van der Waals surface area contributed by atoms with Crippen LogP contribution >= 0.6 is 11.3 Å². The van der Waals surface area contributed by atoms with E-state index in [-0.39, 0.29) is 0 Å². The molecule has 0 spiro atoms. The second kappa shape index (κ2) is 6.31. The van der Waals surface area contributed by atoms with Crippen molar-refractivity contribution in [3.63, 3.8) is 0 Å². The fourth-order valence-electron chi connectivity index (χ4n) is 2.03. The molecule has 1 unspecified atom stereocenters. The summed E-state index contributed by atoms with van der Waals surface area (Å²) in [5.74, 6) is 1.04. The van der Waals surface area contributed by atoms with E-state index >= 15 is 0 Å². The van der Waals surface area contributed by atoms with Crippen LogP contribution in [0.3, 0.4) is 0 Å². The number of rotatable bonds is 5. The molecule has 2 N–H and O–H groups in total. The molecule has 19 heavy (non-hydrogen) atoms. The van der Waals surface area contributed by atoms with Crippen molar-refractivity contribution in [2.75, 3.05) is 6.54 Å². The maximum atomic E-state index is 5.68. The second-order valence-electron chi connectivity index (χ2n) is 5.50. The molecule has 0 fully saturated rings. The molecule has 0 aliphatic rings. The van der Waals surface area contributed by atoms with Crippen molar-refractivity contribution in [2.45, 2.75) is 33.1 Å². The Balaban J connectivity index is 2.15. The molecule has 2 nitrogen and oxygen atoms in total. The SMILES string of the molecule is CC(C)Cc1ccc(-c2csc(C(C)CN)n2)cc1. The zero-order valence-electron chi connectivity index (χ0n) is 11.9. The van der Waals surface area contributed by atoms with Crippen molar-refractivity contribution in [1.29, 1.82) is 0 Å². The monoisotopic (exact) mass is 274 g/mol. The predicted molar refractivity (Wildman–Crippen MR) is 83.6 cm³/mol. The third kappa shape index (κ3) is 3.64. The van der Waals surface area contributed by atoms with Gasteiger partial charge in [-0.15, -0.1) is 11.3 Å². The highest BCUT2D eigenvalue weighted by molar-refractivity contribution is 7.10. The highest BCUT2D eigenvalue weighted by atomic mass is 32.1. The Labute approximate surface area is 119 Å². The summed E-state index contributed by atoms with van der Waals surface area (Å²) in [5.41, 5.74) is 9.34. The van der Waals surface area contributed by atoms with E-state index in [9.17, 15) is 0 Å². The van der Waals surface area contributed by atoms with Crippen molar-refractivity contribution in [3.8, 4) is 11.3 Å². The maximum Gasteiger partial charge on any atom is 0.0973 e. The molecule has 1 aromatic carbocycles. The van der Waals surface area contributed by atoms with E-state index in [0.29, 0.717) is 18.4 Å². The standard InChI is InChI=1S/C16H22N2S/c1-11(2)8-13-4-6-14(7-5-13)15-10-19-16(18-15)12(3)9-17/h4-7,10-12H,8-9,17H2,1-3H3. The van der Waals surface area contributed by atoms with Crippen molar-refractivity contribution >= 4 is 11.3 Å². The van der Waals surface area contributed by atoms with Crippen LogP contribution in [0, 0.1) is 5.92 Å². The van der Waals surface area contributed by atoms with Crippen LogP contribution in [0.2, 0.25) is 0 Å². The largest absolute Gasteiger partial charge is 0.330 e. The first-order valence-corrected chi connectivity index (χ1v) is 7.73. The number of benzene rings is 1. The Morgan fingerprint density at radius 2 is 1.84 bits per heavy atom. The lowest BCUT2D eigenvalue weighted by Crippen LogP contribution is -2.08.